The molecule has 0 bridgehead atoms. The summed E-state index contributed by atoms with van der Waals surface area (Å²) in [5.74, 6) is 0.449. The number of rotatable bonds is 5. The first-order valence-electron chi connectivity index (χ1n) is 5.85. The fourth-order valence-corrected chi connectivity index (χ4v) is 1.94. The number of benzene rings is 1. The molecule has 1 unspecified atom stereocenters. The Hall–Kier alpha value is -2.01. The molecule has 5 heteroatoms. The molecule has 3 N–H and O–H groups in total. The van der Waals surface area contributed by atoms with Crippen LogP contribution in [0.2, 0.25) is 0 Å². The van der Waals surface area contributed by atoms with Crippen molar-refractivity contribution in [2.24, 2.45) is 5.73 Å². The van der Waals surface area contributed by atoms with Crippen molar-refractivity contribution < 1.29 is 14.3 Å². The number of H-pyrrole nitrogens is 1. The van der Waals surface area contributed by atoms with Gasteiger partial charge in [0.1, 0.15) is 18.5 Å². The zero-order chi connectivity index (χ0) is 12.5. The summed E-state index contributed by atoms with van der Waals surface area (Å²) in [5.41, 5.74) is 6.93. The Bertz CT molecular complexity index is 587. The molecule has 0 radical (unpaired) electrons. The third-order valence-electron chi connectivity index (χ3n) is 2.87. The summed E-state index contributed by atoms with van der Waals surface area (Å²) in [4.78, 5) is 14.1. The molecule has 3 rings (SSSR count). The van der Waals surface area contributed by atoms with Crippen LogP contribution < -0.4 is 10.5 Å². The van der Waals surface area contributed by atoms with Crippen LogP contribution in [-0.4, -0.2) is 30.2 Å². The Kier molecular flexibility index (Phi) is 2.68. The van der Waals surface area contributed by atoms with Gasteiger partial charge in [0.2, 0.25) is 5.91 Å². The van der Waals surface area contributed by atoms with E-state index in [1.807, 2.05) is 24.3 Å². The topological polar surface area (TPSA) is 80.6 Å². The molecule has 1 aromatic heterocycles. The number of aromatic nitrogens is 1. The number of aromatic amines is 1. The van der Waals surface area contributed by atoms with Gasteiger partial charge in [0.25, 0.3) is 0 Å². The highest BCUT2D eigenvalue weighted by atomic mass is 16.6. The second-order valence-corrected chi connectivity index (χ2v) is 4.42. The van der Waals surface area contributed by atoms with Crippen LogP contribution in [0.5, 0.6) is 5.75 Å². The lowest BCUT2D eigenvalue weighted by Crippen LogP contribution is -2.13. The van der Waals surface area contributed by atoms with Gasteiger partial charge < -0.3 is 20.2 Å². The molecular weight excluding hydrogens is 232 g/mol. The van der Waals surface area contributed by atoms with E-state index >= 15 is 0 Å². The van der Waals surface area contributed by atoms with Gasteiger partial charge in [-0.25, -0.2) is 0 Å². The van der Waals surface area contributed by atoms with E-state index in [4.69, 9.17) is 15.2 Å². The predicted octanol–water partition coefficient (Wildman–Crippen LogP) is 0.973. The zero-order valence-corrected chi connectivity index (χ0v) is 9.81. The molecule has 2 heterocycles. The molecule has 1 aromatic carbocycles. The van der Waals surface area contributed by atoms with Crippen LogP contribution in [0.4, 0.5) is 0 Å². The van der Waals surface area contributed by atoms with Crippen LogP contribution in [0, 0.1) is 0 Å². The summed E-state index contributed by atoms with van der Waals surface area (Å²) in [7, 11) is 0. The number of carbonyl (C=O) groups is 1. The van der Waals surface area contributed by atoms with Crippen molar-refractivity contribution in [2.45, 2.75) is 12.5 Å². The predicted molar refractivity (Wildman–Crippen MR) is 66.4 cm³/mol. The standard InChI is InChI=1S/C13H14N2O3/c14-13(16)5-8-4-10-11(15-8)2-1-3-12(10)18-7-9-6-17-9/h1-4,9,15H,5-7H2,(H2,14,16). The van der Waals surface area contributed by atoms with Crippen LogP contribution in [0.25, 0.3) is 10.9 Å². The Balaban J connectivity index is 1.87. The van der Waals surface area contributed by atoms with Gasteiger partial charge in [0, 0.05) is 16.6 Å². The van der Waals surface area contributed by atoms with Gasteiger partial charge in [-0.1, -0.05) is 6.07 Å². The minimum absolute atomic E-state index is 0.208. The van der Waals surface area contributed by atoms with Crippen molar-refractivity contribution in [3.05, 3.63) is 30.0 Å². The molecule has 2 aromatic rings. The van der Waals surface area contributed by atoms with E-state index in [9.17, 15) is 4.79 Å². The SMILES string of the molecule is NC(=O)Cc1cc2c(OCC3CO3)cccc2[nH]1. The number of primary amides is 1. The van der Waals surface area contributed by atoms with Crippen LogP contribution in [0.3, 0.4) is 0 Å². The maximum atomic E-state index is 10.9. The lowest BCUT2D eigenvalue weighted by atomic mass is 10.2. The maximum Gasteiger partial charge on any atom is 0.223 e. The monoisotopic (exact) mass is 246 g/mol. The number of fused-ring (bicyclic) bond motifs is 1. The van der Waals surface area contributed by atoms with Gasteiger partial charge in [0.05, 0.1) is 13.0 Å². The lowest BCUT2D eigenvalue weighted by Gasteiger charge is -2.04. The van der Waals surface area contributed by atoms with Crippen molar-refractivity contribution >= 4 is 16.8 Å². The van der Waals surface area contributed by atoms with Gasteiger partial charge in [-0.15, -0.1) is 0 Å². The quantitative estimate of drug-likeness (QED) is 0.771. The van der Waals surface area contributed by atoms with Crippen molar-refractivity contribution in [3.63, 3.8) is 0 Å². The minimum atomic E-state index is -0.351. The Morgan fingerprint density at radius 1 is 1.56 bits per heavy atom. The first-order chi connectivity index (χ1) is 8.72. The largest absolute Gasteiger partial charge is 0.490 e. The molecular formula is C13H14N2O3. The third kappa shape index (κ3) is 2.31. The highest BCUT2D eigenvalue weighted by Gasteiger charge is 2.23. The average Bonchev–Trinajstić information content (AvgIpc) is 3.05. The fraction of sp³-hybridized carbons (Fsp3) is 0.308. The van der Waals surface area contributed by atoms with E-state index in [0.29, 0.717) is 6.61 Å². The molecule has 5 nitrogen and oxygen atoms in total. The minimum Gasteiger partial charge on any atom is -0.490 e. The molecule has 1 fully saturated rings. The summed E-state index contributed by atoms with van der Waals surface area (Å²) in [6, 6.07) is 7.67. The molecule has 18 heavy (non-hydrogen) atoms. The number of nitrogens with one attached hydrogen (secondary N) is 1. The van der Waals surface area contributed by atoms with Crippen molar-refractivity contribution in [1.82, 2.24) is 4.98 Å². The molecule has 1 atom stereocenters. The Morgan fingerprint density at radius 3 is 3.11 bits per heavy atom. The van der Waals surface area contributed by atoms with Crippen LogP contribution in [-0.2, 0) is 16.0 Å². The number of carbonyl (C=O) groups excluding carboxylic acids is 1. The summed E-state index contributed by atoms with van der Waals surface area (Å²) in [5, 5.41) is 0.967. The third-order valence-corrected chi connectivity index (χ3v) is 2.87. The molecule has 0 spiro atoms. The van der Waals surface area contributed by atoms with E-state index < -0.39 is 0 Å². The van der Waals surface area contributed by atoms with Gasteiger partial charge >= 0.3 is 0 Å². The van der Waals surface area contributed by atoms with E-state index in [0.717, 1.165) is 29.0 Å². The van der Waals surface area contributed by atoms with Gasteiger partial charge in [-0.3, -0.25) is 4.79 Å². The number of nitrogens with two attached hydrogens (primary N) is 1. The molecule has 1 amide bonds. The van der Waals surface area contributed by atoms with E-state index in [2.05, 4.69) is 4.98 Å². The van der Waals surface area contributed by atoms with E-state index in [1.54, 1.807) is 0 Å². The number of hydrogen-bond acceptors (Lipinski definition) is 3. The normalized spacial score (nSPS) is 17.9. The second-order valence-electron chi connectivity index (χ2n) is 4.42. The van der Waals surface area contributed by atoms with E-state index in [-0.39, 0.29) is 18.4 Å². The first kappa shape index (κ1) is 11.1. The molecule has 1 saturated heterocycles. The highest BCUT2D eigenvalue weighted by molar-refractivity contribution is 5.88. The molecule has 1 aliphatic heterocycles. The number of hydrogen-bond donors (Lipinski definition) is 2. The van der Waals surface area contributed by atoms with Crippen LogP contribution >= 0.6 is 0 Å². The van der Waals surface area contributed by atoms with Gasteiger partial charge in [0.15, 0.2) is 0 Å². The van der Waals surface area contributed by atoms with Crippen molar-refractivity contribution in [3.8, 4) is 5.75 Å². The summed E-state index contributed by atoms with van der Waals surface area (Å²) >= 11 is 0. The number of epoxide rings is 1. The summed E-state index contributed by atoms with van der Waals surface area (Å²) in [6.45, 7) is 1.34. The first-order valence-corrected chi connectivity index (χ1v) is 5.85. The fourth-order valence-electron chi connectivity index (χ4n) is 1.94. The Morgan fingerprint density at radius 2 is 2.39 bits per heavy atom. The summed E-state index contributed by atoms with van der Waals surface area (Å²) in [6.07, 6.45) is 0.434. The van der Waals surface area contributed by atoms with Crippen LogP contribution in [0.1, 0.15) is 5.69 Å². The molecule has 0 aliphatic carbocycles. The van der Waals surface area contributed by atoms with Crippen molar-refractivity contribution in [2.75, 3.05) is 13.2 Å². The number of amides is 1. The van der Waals surface area contributed by atoms with Gasteiger partial charge in [-0.05, 0) is 18.2 Å². The Labute approximate surface area is 104 Å². The number of ether oxygens (including phenoxy) is 2. The lowest BCUT2D eigenvalue weighted by molar-refractivity contribution is -0.117. The van der Waals surface area contributed by atoms with Crippen LogP contribution in [0.15, 0.2) is 24.3 Å². The molecule has 0 saturated carbocycles. The smallest absolute Gasteiger partial charge is 0.223 e. The zero-order valence-electron chi connectivity index (χ0n) is 9.81. The van der Waals surface area contributed by atoms with Crippen molar-refractivity contribution in [1.29, 1.82) is 0 Å². The van der Waals surface area contributed by atoms with Gasteiger partial charge in [-0.2, -0.15) is 0 Å². The molecule has 1 aliphatic rings. The molecule has 94 valence electrons. The maximum absolute atomic E-state index is 10.9. The average molecular weight is 246 g/mol. The second kappa shape index (κ2) is 4.34. The van der Waals surface area contributed by atoms with E-state index in [1.165, 1.54) is 0 Å². The summed E-state index contributed by atoms with van der Waals surface area (Å²) < 4.78 is 10.8. The highest BCUT2D eigenvalue weighted by Crippen LogP contribution is 2.27.